The fourth-order valence-corrected chi connectivity index (χ4v) is 4.35. The summed E-state index contributed by atoms with van der Waals surface area (Å²) in [6, 6.07) is 3.02. The van der Waals surface area contributed by atoms with Gasteiger partial charge < -0.3 is 9.47 Å². The summed E-state index contributed by atoms with van der Waals surface area (Å²) in [5.41, 5.74) is 0. The van der Waals surface area contributed by atoms with Crippen molar-refractivity contribution < 1.29 is 9.47 Å². The minimum atomic E-state index is 0.682. The van der Waals surface area contributed by atoms with Crippen molar-refractivity contribution in [3.8, 4) is 0 Å². The molecule has 0 aromatic heterocycles. The van der Waals surface area contributed by atoms with Gasteiger partial charge in [-0.25, -0.2) is 0 Å². The van der Waals surface area contributed by atoms with Crippen LogP contribution in [0.15, 0.2) is 0 Å². The van der Waals surface area contributed by atoms with E-state index in [1.165, 1.54) is 38.8 Å². The Kier molecular flexibility index (Phi) is 14.4. The number of hydrogen-bond acceptors (Lipinski definition) is 5. The van der Waals surface area contributed by atoms with Gasteiger partial charge in [0.1, 0.15) is 0 Å². The molecule has 5 heteroatoms. The van der Waals surface area contributed by atoms with Gasteiger partial charge in [-0.3, -0.25) is 14.7 Å². The second-order valence-corrected chi connectivity index (χ2v) is 9.37. The molecule has 0 bridgehead atoms. The zero-order valence-electron chi connectivity index (χ0n) is 20.7. The maximum atomic E-state index is 5.33. The van der Waals surface area contributed by atoms with E-state index in [1.807, 2.05) is 0 Å². The summed E-state index contributed by atoms with van der Waals surface area (Å²) in [5.74, 6) is 0. The van der Waals surface area contributed by atoms with Crippen LogP contribution >= 0.6 is 0 Å². The summed E-state index contributed by atoms with van der Waals surface area (Å²) in [6.07, 6.45) is 5.36. The molecule has 1 atom stereocenters. The molecule has 3 rings (SSSR count). The molecule has 3 saturated heterocycles. The van der Waals surface area contributed by atoms with E-state index in [0.717, 1.165) is 58.1 Å². The van der Waals surface area contributed by atoms with Crippen LogP contribution in [0.3, 0.4) is 0 Å². The second-order valence-electron chi connectivity index (χ2n) is 9.37. The molecular weight excluding hydrogens is 362 g/mol. The summed E-state index contributed by atoms with van der Waals surface area (Å²) in [6.45, 7) is 25.4. The number of likely N-dealkylation sites (tertiary alicyclic amines) is 1. The lowest BCUT2D eigenvalue weighted by molar-refractivity contribution is 0.0238. The Morgan fingerprint density at radius 2 is 1.17 bits per heavy atom. The molecule has 5 nitrogen and oxygen atoms in total. The van der Waals surface area contributed by atoms with E-state index in [-0.39, 0.29) is 0 Å². The summed E-state index contributed by atoms with van der Waals surface area (Å²) in [5, 5.41) is 0. The van der Waals surface area contributed by atoms with Gasteiger partial charge in [-0.05, 0) is 73.8 Å². The van der Waals surface area contributed by atoms with Gasteiger partial charge in [-0.1, -0.05) is 6.92 Å². The maximum Gasteiger partial charge on any atom is 0.0594 e. The summed E-state index contributed by atoms with van der Waals surface area (Å²) in [4.78, 5) is 7.52. The van der Waals surface area contributed by atoms with Crippen molar-refractivity contribution >= 4 is 0 Å². The number of hydrogen-bond donors (Lipinski definition) is 0. The molecule has 3 heterocycles. The highest BCUT2D eigenvalue weighted by Gasteiger charge is 2.24. The molecule has 0 aromatic carbocycles. The van der Waals surface area contributed by atoms with Crippen molar-refractivity contribution in [2.75, 3.05) is 59.2 Å². The maximum absolute atomic E-state index is 5.33. The minimum absolute atomic E-state index is 0.682. The van der Waals surface area contributed by atoms with Crippen LogP contribution in [0, 0.1) is 0 Å². The third-order valence-corrected chi connectivity index (χ3v) is 6.32. The first-order valence-corrected chi connectivity index (χ1v) is 12.3. The van der Waals surface area contributed by atoms with Gasteiger partial charge in [0.2, 0.25) is 0 Å². The lowest BCUT2D eigenvalue weighted by Crippen LogP contribution is -2.40. The van der Waals surface area contributed by atoms with Crippen LogP contribution in [0.4, 0.5) is 0 Å². The lowest BCUT2D eigenvalue weighted by atomic mass is 10.1. The van der Waals surface area contributed by atoms with Crippen LogP contribution in [0.1, 0.15) is 74.1 Å². The fourth-order valence-electron chi connectivity index (χ4n) is 4.35. The molecule has 3 aliphatic heterocycles. The van der Waals surface area contributed by atoms with Crippen LogP contribution in [-0.2, 0) is 9.47 Å². The van der Waals surface area contributed by atoms with Crippen LogP contribution in [-0.4, -0.2) is 98.0 Å². The zero-order chi connectivity index (χ0) is 21.6. The Labute approximate surface area is 182 Å². The Hall–Kier alpha value is -0.200. The largest absolute Gasteiger partial charge is 0.380 e. The average molecular weight is 414 g/mol. The van der Waals surface area contributed by atoms with Gasteiger partial charge in [0.15, 0.2) is 0 Å². The van der Waals surface area contributed by atoms with Crippen molar-refractivity contribution in [2.24, 2.45) is 0 Å². The van der Waals surface area contributed by atoms with Gasteiger partial charge in [0, 0.05) is 57.0 Å². The van der Waals surface area contributed by atoms with E-state index >= 15 is 0 Å². The molecule has 174 valence electrons. The van der Waals surface area contributed by atoms with Gasteiger partial charge in [-0.15, -0.1) is 0 Å². The van der Waals surface area contributed by atoms with Crippen LogP contribution in [0.5, 0.6) is 0 Å². The summed E-state index contributed by atoms with van der Waals surface area (Å²) < 4.78 is 10.5. The van der Waals surface area contributed by atoms with E-state index in [0.29, 0.717) is 12.1 Å². The zero-order valence-corrected chi connectivity index (χ0v) is 20.7. The molecule has 0 spiro atoms. The normalized spacial score (nSPS) is 24.8. The van der Waals surface area contributed by atoms with Crippen molar-refractivity contribution in [2.45, 2.75) is 98.3 Å². The summed E-state index contributed by atoms with van der Waals surface area (Å²) >= 11 is 0. The number of morpholine rings is 1. The molecule has 29 heavy (non-hydrogen) atoms. The Morgan fingerprint density at radius 3 is 1.62 bits per heavy atom. The molecule has 0 N–H and O–H groups in total. The Bertz CT molecular complexity index is 376. The molecule has 0 saturated carbocycles. The molecule has 3 fully saturated rings. The van der Waals surface area contributed by atoms with E-state index in [2.05, 4.69) is 63.2 Å². The highest BCUT2D eigenvalue weighted by Crippen LogP contribution is 2.21. The highest BCUT2D eigenvalue weighted by atomic mass is 16.5. The van der Waals surface area contributed by atoms with Crippen molar-refractivity contribution in [3.63, 3.8) is 0 Å². The molecule has 0 radical (unpaired) electrons. The molecule has 1 unspecified atom stereocenters. The van der Waals surface area contributed by atoms with Crippen LogP contribution in [0.25, 0.3) is 0 Å². The molecule has 0 aromatic rings. The number of ether oxygens (including phenoxy) is 2. The standard InChI is InChI=1S/C9H19N.C8H17NO.C7H15NO/c1-4-9-6-5-7-10(9)8(2)3;1-8(2)9-4-3-6-10-7-5-9;1-7(2)8-3-5-9-6-4-8/h8-9H,4-7H2,1-3H3;8H,3-7H2,1-2H3;7H,3-6H2,1-2H3. The minimum Gasteiger partial charge on any atom is -0.380 e. The monoisotopic (exact) mass is 413 g/mol. The summed E-state index contributed by atoms with van der Waals surface area (Å²) in [7, 11) is 0. The third kappa shape index (κ3) is 11.1. The van der Waals surface area contributed by atoms with Crippen LogP contribution in [0.2, 0.25) is 0 Å². The number of nitrogens with zero attached hydrogens (tertiary/aromatic N) is 3. The Morgan fingerprint density at radius 1 is 0.655 bits per heavy atom. The van der Waals surface area contributed by atoms with Gasteiger partial charge in [0.25, 0.3) is 0 Å². The molecule has 0 aliphatic carbocycles. The van der Waals surface area contributed by atoms with Crippen LogP contribution < -0.4 is 0 Å². The lowest BCUT2D eigenvalue weighted by Gasteiger charge is -2.29. The quantitative estimate of drug-likeness (QED) is 0.691. The van der Waals surface area contributed by atoms with Crippen molar-refractivity contribution in [1.82, 2.24) is 14.7 Å². The predicted octanol–water partition coefficient (Wildman–Crippen LogP) is 4.11. The van der Waals surface area contributed by atoms with Crippen molar-refractivity contribution in [3.05, 3.63) is 0 Å². The average Bonchev–Trinajstić information content (AvgIpc) is 3.03. The Balaban J connectivity index is 0.000000218. The van der Waals surface area contributed by atoms with Gasteiger partial charge in [-0.2, -0.15) is 0 Å². The SMILES string of the molecule is CC(C)N1CCCOCC1.CC(C)N1CCOCC1.CCC1CCCN1C(C)C. The molecule has 3 aliphatic rings. The van der Waals surface area contributed by atoms with E-state index in [4.69, 9.17) is 9.47 Å². The molecule has 0 amide bonds. The third-order valence-electron chi connectivity index (χ3n) is 6.32. The van der Waals surface area contributed by atoms with Crippen molar-refractivity contribution in [1.29, 1.82) is 0 Å². The first-order chi connectivity index (χ1) is 13.9. The molecular formula is C24H51N3O2. The predicted molar refractivity (Wildman–Crippen MR) is 125 cm³/mol. The smallest absolute Gasteiger partial charge is 0.0594 e. The first-order valence-electron chi connectivity index (χ1n) is 12.3. The fraction of sp³-hybridized carbons (Fsp3) is 1.00. The topological polar surface area (TPSA) is 28.2 Å². The number of rotatable bonds is 4. The van der Waals surface area contributed by atoms with Gasteiger partial charge in [0.05, 0.1) is 19.8 Å². The second kappa shape index (κ2) is 15.6. The highest BCUT2D eigenvalue weighted by molar-refractivity contribution is 4.79. The van der Waals surface area contributed by atoms with E-state index < -0.39 is 0 Å². The van der Waals surface area contributed by atoms with Gasteiger partial charge >= 0.3 is 0 Å². The first kappa shape index (κ1) is 26.8. The van der Waals surface area contributed by atoms with E-state index in [9.17, 15) is 0 Å². The van der Waals surface area contributed by atoms with E-state index in [1.54, 1.807) is 0 Å².